The number of rotatable bonds is 1. The summed E-state index contributed by atoms with van der Waals surface area (Å²) in [5.41, 5.74) is 4.92. The maximum atomic E-state index is 13.0. The molecule has 0 bridgehead atoms. The van der Waals surface area contributed by atoms with Crippen LogP contribution in [0, 0.1) is 0 Å². The molecule has 0 saturated carbocycles. The van der Waals surface area contributed by atoms with Gasteiger partial charge in [-0.05, 0) is 23.8 Å². The van der Waals surface area contributed by atoms with E-state index in [1.165, 1.54) is 0 Å². The first-order valence-corrected chi connectivity index (χ1v) is 7.53. The molecule has 0 aliphatic carbocycles. The molecule has 0 N–H and O–H groups in total. The number of aromatic nitrogens is 3. The van der Waals surface area contributed by atoms with Crippen molar-refractivity contribution in [3.63, 3.8) is 0 Å². The first-order chi connectivity index (χ1) is 11.2. The molecule has 0 saturated heterocycles. The Hall–Kier alpha value is -2.95. The van der Waals surface area contributed by atoms with Crippen LogP contribution in [0.1, 0.15) is 27.2 Å². The van der Waals surface area contributed by atoms with Crippen LogP contribution in [-0.2, 0) is 20.0 Å². The number of para-hydroxylation sites is 1. The van der Waals surface area contributed by atoms with Gasteiger partial charge >= 0.3 is 0 Å². The average molecular weight is 304 g/mol. The smallest absolute Gasteiger partial charge is 0.260 e. The van der Waals surface area contributed by atoms with E-state index in [4.69, 9.17) is 0 Å². The number of amides is 1. The van der Waals surface area contributed by atoms with Crippen LogP contribution >= 0.6 is 0 Å². The van der Waals surface area contributed by atoms with Crippen molar-refractivity contribution in [1.29, 1.82) is 0 Å². The monoisotopic (exact) mass is 304 g/mol. The molecule has 5 nitrogen and oxygen atoms in total. The number of anilines is 1. The van der Waals surface area contributed by atoms with Gasteiger partial charge in [0.25, 0.3) is 5.91 Å². The van der Waals surface area contributed by atoms with Crippen LogP contribution in [-0.4, -0.2) is 20.7 Å². The Balaban J connectivity index is 1.84. The second kappa shape index (κ2) is 5.35. The molecule has 0 radical (unpaired) electrons. The fourth-order valence-corrected chi connectivity index (χ4v) is 3.05. The predicted octanol–water partition coefficient (Wildman–Crippen LogP) is 2.57. The summed E-state index contributed by atoms with van der Waals surface area (Å²) in [5.74, 6) is -0.0396. The maximum Gasteiger partial charge on any atom is 0.260 e. The van der Waals surface area contributed by atoms with Crippen molar-refractivity contribution in [3.8, 4) is 0 Å². The van der Waals surface area contributed by atoms with E-state index in [9.17, 15) is 4.79 Å². The summed E-state index contributed by atoms with van der Waals surface area (Å²) >= 11 is 0. The normalized spacial score (nSPS) is 13.2. The zero-order valence-electron chi connectivity index (χ0n) is 12.8. The number of nitrogens with zero attached hydrogens (tertiary/aromatic N) is 4. The molecule has 23 heavy (non-hydrogen) atoms. The number of aryl methyl sites for hydroxylation is 1. The molecule has 5 heteroatoms. The Kier molecular flexibility index (Phi) is 3.19. The Morgan fingerprint density at radius 1 is 1.09 bits per heavy atom. The lowest BCUT2D eigenvalue weighted by molar-refractivity contribution is 0.0985. The number of pyridine rings is 1. The third kappa shape index (κ3) is 2.30. The predicted molar refractivity (Wildman–Crippen MR) is 87.2 cm³/mol. The fourth-order valence-electron chi connectivity index (χ4n) is 3.05. The number of carbonyl (C=O) groups is 1. The highest BCUT2D eigenvalue weighted by Crippen LogP contribution is 2.31. The van der Waals surface area contributed by atoms with Crippen LogP contribution in [0.4, 0.5) is 5.69 Å². The number of hydrogen-bond donors (Lipinski definition) is 0. The zero-order chi connectivity index (χ0) is 15.8. The van der Waals surface area contributed by atoms with Crippen molar-refractivity contribution in [1.82, 2.24) is 14.8 Å². The number of fused-ring (bicyclic) bond motifs is 2. The Morgan fingerprint density at radius 2 is 1.96 bits per heavy atom. The summed E-state index contributed by atoms with van der Waals surface area (Å²) in [6.45, 7) is 0.522. The van der Waals surface area contributed by atoms with Gasteiger partial charge in [-0.3, -0.25) is 14.5 Å². The minimum Gasteiger partial charge on any atom is -0.303 e. The first kappa shape index (κ1) is 13.7. The van der Waals surface area contributed by atoms with Gasteiger partial charge in [-0.25, -0.2) is 0 Å². The third-order valence-electron chi connectivity index (χ3n) is 4.27. The van der Waals surface area contributed by atoms with Gasteiger partial charge in [0.15, 0.2) is 0 Å². The summed E-state index contributed by atoms with van der Waals surface area (Å²) in [4.78, 5) is 18.9. The second-order valence-corrected chi connectivity index (χ2v) is 5.68. The van der Waals surface area contributed by atoms with E-state index in [0.29, 0.717) is 12.1 Å². The molecule has 114 valence electrons. The third-order valence-corrected chi connectivity index (χ3v) is 4.27. The first-order valence-electron chi connectivity index (χ1n) is 7.53. The molecular formula is C18H16N4O. The van der Waals surface area contributed by atoms with Crippen molar-refractivity contribution in [2.45, 2.75) is 13.0 Å². The van der Waals surface area contributed by atoms with Gasteiger partial charge in [-0.1, -0.05) is 18.2 Å². The summed E-state index contributed by atoms with van der Waals surface area (Å²) in [5, 5.41) is 4.35. The summed E-state index contributed by atoms with van der Waals surface area (Å²) in [6, 6.07) is 11.6. The van der Waals surface area contributed by atoms with E-state index in [0.717, 1.165) is 28.9 Å². The molecule has 1 amide bonds. The van der Waals surface area contributed by atoms with E-state index >= 15 is 0 Å². The minimum absolute atomic E-state index is 0.0396. The summed E-state index contributed by atoms with van der Waals surface area (Å²) < 4.78 is 1.89. The van der Waals surface area contributed by atoms with Crippen LogP contribution in [0.5, 0.6) is 0 Å². The molecule has 1 aliphatic rings. The van der Waals surface area contributed by atoms with Gasteiger partial charge in [-0.15, -0.1) is 0 Å². The van der Waals surface area contributed by atoms with Crippen molar-refractivity contribution in [2.24, 2.45) is 7.05 Å². The van der Waals surface area contributed by atoms with Crippen LogP contribution in [0.2, 0.25) is 0 Å². The van der Waals surface area contributed by atoms with E-state index in [1.54, 1.807) is 24.5 Å². The van der Waals surface area contributed by atoms with Crippen molar-refractivity contribution < 1.29 is 4.79 Å². The van der Waals surface area contributed by atoms with Gasteiger partial charge in [0.05, 0.1) is 18.3 Å². The van der Waals surface area contributed by atoms with Crippen LogP contribution in [0.15, 0.2) is 55.0 Å². The van der Waals surface area contributed by atoms with Crippen molar-refractivity contribution in [2.75, 3.05) is 4.90 Å². The van der Waals surface area contributed by atoms with Gasteiger partial charge in [0.1, 0.15) is 0 Å². The second-order valence-electron chi connectivity index (χ2n) is 5.68. The molecule has 1 aromatic carbocycles. The highest BCUT2D eigenvalue weighted by atomic mass is 16.2. The van der Waals surface area contributed by atoms with E-state index in [-0.39, 0.29) is 5.91 Å². The van der Waals surface area contributed by atoms with Crippen LogP contribution in [0.25, 0.3) is 0 Å². The molecular weight excluding hydrogens is 288 g/mol. The van der Waals surface area contributed by atoms with Crippen molar-refractivity contribution >= 4 is 11.6 Å². The van der Waals surface area contributed by atoms with Gasteiger partial charge in [-0.2, -0.15) is 5.10 Å². The molecule has 4 rings (SSSR count). The van der Waals surface area contributed by atoms with Gasteiger partial charge < -0.3 is 4.90 Å². The summed E-state index contributed by atoms with van der Waals surface area (Å²) in [7, 11) is 1.94. The Bertz CT molecular complexity index is 870. The molecule has 0 spiro atoms. The highest BCUT2D eigenvalue weighted by molar-refractivity contribution is 6.06. The fraction of sp³-hybridized carbons (Fsp3) is 0.167. The quantitative estimate of drug-likeness (QED) is 0.694. The van der Waals surface area contributed by atoms with Gasteiger partial charge in [0.2, 0.25) is 0 Å². The molecule has 0 unspecified atom stereocenters. The number of hydrogen-bond acceptors (Lipinski definition) is 3. The highest BCUT2D eigenvalue weighted by Gasteiger charge is 2.26. The lowest BCUT2D eigenvalue weighted by Crippen LogP contribution is -2.30. The molecule has 3 aromatic rings. The molecule has 2 aromatic heterocycles. The Labute approximate surface area is 134 Å². The largest absolute Gasteiger partial charge is 0.303 e. The maximum absolute atomic E-state index is 13.0. The summed E-state index contributed by atoms with van der Waals surface area (Å²) in [6.07, 6.45) is 5.91. The molecule has 0 atom stereocenters. The lowest BCUT2D eigenvalue weighted by Gasteiger charge is -2.22. The van der Waals surface area contributed by atoms with Gasteiger partial charge in [0, 0.05) is 42.8 Å². The van der Waals surface area contributed by atoms with E-state index in [1.807, 2.05) is 41.0 Å². The lowest BCUT2D eigenvalue weighted by atomic mass is 10.1. The minimum atomic E-state index is -0.0396. The number of carbonyl (C=O) groups excluding carboxylic acids is 1. The molecule has 1 aliphatic heterocycles. The van der Waals surface area contributed by atoms with Crippen LogP contribution in [0.3, 0.4) is 0 Å². The van der Waals surface area contributed by atoms with E-state index in [2.05, 4.69) is 16.1 Å². The Morgan fingerprint density at radius 3 is 2.78 bits per heavy atom. The molecule has 3 heterocycles. The number of benzene rings is 1. The molecule has 0 fully saturated rings. The zero-order valence-corrected chi connectivity index (χ0v) is 12.8. The van der Waals surface area contributed by atoms with Crippen LogP contribution < -0.4 is 4.90 Å². The average Bonchev–Trinajstić information content (AvgIpc) is 2.84. The standard InChI is InChI=1S/C18H16N4O/c1-21-17-9-13-5-2-3-7-16(13)22(12-15(17)11-20-21)18(23)14-6-4-8-19-10-14/h2-8,10-11H,9,12H2,1H3. The van der Waals surface area contributed by atoms with Crippen molar-refractivity contribution in [3.05, 3.63) is 77.4 Å². The van der Waals surface area contributed by atoms with E-state index < -0.39 is 0 Å². The SMILES string of the molecule is Cn1ncc2c1Cc1ccccc1N(C(=O)c1cccnc1)C2. The topological polar surface area (TPSA) is 51.0 Å².